The SMILES string of the molecule is CCCOc1ccc(C(=O)C(C)NCCC(C)C)cc1. The quantitative estimate of drug-likeness (QED) is 0.700. The number of ketones is 1. The Labute approximate surface area is 122 Å². The van der Waals surface area contributed by atoms with E-state index in [1.807, 2.05) is 31.2 Å². The molecule has 0 fully saturated rings. The van der Waals surface area contributed by atoms with Crippen molar-refractivity contribution >= 4 is 5.78 Å². The Balaban J connectivity index is 2.49. The molecule has 112 valence electrons. The maximum absolute atomic E-state index is 12.2. The van der Waals surface area contributed by atoms with E-state index in [0.29, 0.717) is 12.5 Å². The Kier molecular flexibility index (Phi) is 7.31. The molecule has 0 bridgehead atoms. The molecule has 1 atom stereocenters. The molecule has 0 amide bonds. The summed E-state index contributed by atoms with van der Waals surface area (Å²) in [5.41, 5.74) is 0.735. The van der Waals surface area contributed by atoms with Gasteiger partial charge in [0, 0.05) is 5.56 Å². The summed E-state index contributed by atoms with van der Waals surface area (Å²) in [6, 6.07) is 7.27. The summed E-state index contributed by atoms with van der Waals surface area (Å²) < 4.78 is 5.51. The fourth-order valence-electron chi connectivity index (χ4n) is 1.87. The van der Waals surface area contributed by atoms with E-state index in [-0.39, 0.29) is 11.8 Å². The van der Waals surface area contributed by atoms with Gasteiger partial charge in [-0.05, 0) is 56.5 Å². The minimum atomic E-state index is -0.142. The predicted molar refractivity (Wildman–Crippen MR) is 83.5 cm³/mol. The Hall–Kier alpha value is -1.35. The van der Waals surface area contributed by atoms with E-state index in [1.54, 1.807) is 0 Å². The molecule has 1 rings (SSSR count). The lowest BCUT2D eigenvalue weighted by atomic mass is 10.0. The van der Waals surface area contributed by atoms with E-state index >= 15 is 0 Å². The van der Waals surface area contributed by atoms with E-state index in [4.69, 9.17) is 4.74 Å². The smallest absolute Gasteiger partial charge is 0.179 e. The Morgan fingerprint density at radius 3 is 2.40 bits per heavy atom. The number of hydrogen-bond acceptors (Lipinski definition) is 3. The first kappa shape index (κ1) is 16.7. The lowest BCUT2D eigenvalue weighted by molar-refractivity contribution is 0.0950. The molecule has 1 aromatic rings. The lowest BCUT2D eigenvalue weighted by Crippen LogP contribution is -2.35. The summed E-state index contributed by atoms with van der Waals surface area (Å²) in [6.45, 7) is 9.95. The zero-order valence-electron chi connectivity index (χ0n) is 13.1. The molecule has 0 aliphatic rings. The zero-order chi connectivity index (χ0) is 15.0. The van der Waals surface area contributed by atoms with Crippen molar-refractivity contribution in [1.82, 2.24) is 5.32 Å². The van der Waals surface area contributed by atoms with E-state index in [9.17, 15) is 4.79 Å². The fourth-order valence-corrected chi connectivity index (χ4v) is 1.87. The van der Waals surface area contributed by atoms with E-state index in [2.05, 4.69) is 26.1 Å². The van der Waals surface area contributed by atoms with Crippen LogP contribution in [0.2, 0.25) is 0 Å². The number of benzene rings is 1. The van der Waals surface area contributed by atoms with Crippen LogP contribution in [0.4, 0.5) is 0 Å². The second-order valence-electron chi connectivity index (χ2n) is 5.60. The van der Waals surface area contributed by atoms with Gasteiger partial charge >= 0.3 is 0 Å². The highest BCUT2D eigenvalue weighted by atomic mass is 16.5. The van der Waals surface area contributed by atoms with Crippen LogP contribution in [0.5, 0.6) is 5.75 Å². The standard InChI is InChI=1S/C17H27NO2/c1-5-12-20-16-8-6-15(7-9-16)17(19)14(4)18-11-10-13(2)3/h6-9,13-14,18H,5,10-12H2,1-4H3. The third kappa shape index (κ3) is 5.74. The third-order valence-electron chi connectivity index (χ3n) is 3.18. The van der Waals surface area contributed by atoms with Crippen molar-refractivity contribution in [3.8, 4) is 5.75 Å². The Bertz CT molecular complexity index is 398. The molecule has 0 aliphatic carbocycles. The van der Waals surface area contributed by atoms with Gasteiger partial charge in [0.25, 0.3) is 0 Å². The molecule has 1 unspecified atom stereocenters. The second-order valence-corrected chi connectivity index (χ2v) is 5.60. The van der Waals surface area contributed by atoms with Gasteiger partial charge in [-0.2, -0.15) is 0 Å². The lowest BCUT2D eigenvalue weighted by Gasteiger charge is -2.14. The van der Waals surface area contributed by atoms with Crippen LogP contribution in [0.15, 0.2) is 24.3 Å². The monoisotopic (exact) mass is 277 g/mol. The largest absolute Gasteiger partial charge is 0.494 e. The van der Waals surface area contributed by atoms with E-state index in [1.165, 1.54) is 0 Å². The molecule has 0 heterocycles. The molecule has 0 spiro atoms. The molecular weight excluding hydrogens is 250 g/mol. The first-order chi connectivity index (χ1) is 9.54. The maximum atomic E-state index is 12.2. The first-order valence-electron chi connectivity index (χ1n) is 7.55. The third-order valence-corrected chi connectivity index (χ3v) is 3.18. The first-order valence-corrected chi connectivity index (χ1v) is 7.55. The maximum Gasteiger partial charge on any atom is 0.179 e. The molecular formula is C17H27NO2. The summed E-state index contributed by atoms with van der Waals surface area (Å²) in [5, 5.41) is 3.28. The summed E-state index contributed by atoms with van der Waals surface area (Å²) in [4.78, 5) is 12.2. The van der Waals surface area contributed by atoms with Gasteiger partial charge in [0.15, 0.2) is 5.78 Å². The van der Waals surface area contributed by atoms with Crippen LogP contribution in [0.25, 0.3) is 0 Å². The van der Waals surface area contributed by atoms with Gasteiger partial charge < -0.3 is 10.1 Å². The number of Topliss-reactive ketones (excluding diaryl/α,β-unsaturated/α-hetero) is 1. The average molecular weight is 277 g/mol. The number of carbonyl (C=O) groups is 1. The van der Waals surface area contributed by atoms with Gasteiger partial charge in [0.05, 0.1) is 12.6 Å². The van der Waals surface area contributed by atoms with Crippen molar-refractivity contribution < 1.29 is 9.53 Å². The number of carbonyl (C=O) groups excluding carboxylic acids is 1. The van der Waals surface area contributed by atoms with Gasteiger partial charge in [-0.1, -0.05) is 20.8 Å². The van der Waals surface area contributed by atoms with Crippen molar-refractivity contribution in [2.45, 2.75) is 46.6 Å². The van der Waals surface area contributed by atoms with Crippen molar-refractivity contribution in [3.05, 3.63) is 29.8 Å². The van der Waals surface area contributed by atoms with Gasteiger partial charge in [-0.3, -0.25) is 4.79 Å². The van der Waals surface area contributed by atoms with Gasteiger partial charge in [-0.25, -0.2) is 0 Å². The van der Waals surface area contributed by atoms with Crippen molar-refractivity contribution in [1.29, 1.82) is 0 Å². The topological polar surface area (TPSA) is 38.3 Å². The van der Waals surface area contributed by atoms with Gasteiger partial charge in [0.1, 0.15) is 5.75 Å². The summed E-state index contributed by atoms with van der Waals surface area (Å²) in [5.74, 6) is 1.61. The molecule has 1 N–H and O–H groups in total. The molecule has 20 heavy (non-hydrogen) atoms. The van der Waals surface area contributed by atoms with Crippen LogP contribution < -0.4 is 10.1 Å². The molecule has 3 heteroatoms. The molecule has 0 radical (unpaired) electrons. The van der Waals surface area contributed by atoms with Crippen LogP contribution in [0, 0.1) is 5.92 Å². The van der Waals surface area contributed by atoms with Gasteiger partial charge in [-0.15, -0.1) is 0 Å². The van der Waals surface area contributed by atoms with Crippen molar-refractivity contribution in [2.75, 3.05) is 13.2 Å². The summed E-state index contributed by atoms with van der Waals surface area (Å²) >= 11 is 0. The van der Waals surface area contributed by atoms with E-state index < -0.39 is 0 Å². The highest BCUT2D eigenvalue weighted by Crippen LogP contribution is 2.14. The Morgan fingerprint density at radius 2 is 1.85 bits per heavy atom. The fraction of sp³-hybridized carbons (Fsp3) is 0.588. The zero-order valence-corrected chi connectivity index (χ0v) is 13.1. The van der Waals surface area contributed by atoms with Crippen LogP contribution >= 0.6 is 0 Å². The average Bonchev–Trinajstić information content (AvgIpc) is 2.44. The Morgan fingerprint density at radius 1 is 1.20 bits per heavy atom. The van der Waals surface area contributed by atoms with Crippen molar-refractivity contribution in [3.63, 3.8) is 0 Å². The minimum absolute atomic E-state index is 0.135. The van der Waals surface area contributed by atoms with E-state index in [0.717, 1.165) is 30.7 Å². The number of hydrogen-bond donors (Lipinski definition) is 1. The van der Waals surface area contributed by atoms with Gasteiger partial charge in [0.2, 0.25) is 0 Å². The number of ether oxygens (including phenoxy) is 1. The van der Waals surface area contributed by atoms with Crippen LogP contribution in [-0.2, 0) is 0 Å². The second kappa shape index (κ2) is 8.75. The number of rotatable bonds is 9. The summed E-state index contributed by atoms with van der Waals surface area (Å²) in [6.07, 6.45) is 2.07. The molecule has 0 saturated carbocycles. The molecule has 0 saturated heterocycles. The highest BCUT2D eigenvalue weighted by molar-refractivity contribution is 5.99. The summed E-state index contributed by atoms with van der Waals surface area (Å²) in [7, 11) is 0. The van der Waals surface area contributed by atoms with Crippen molar-refractivity contribution in [2.24, 2.45) is 5.92 Å². The van der Waals surface area contributed by atoms with Crippen LogP contribution in [-0.4, -0.2) is 25.0 Å². The van der Waals surface area contributed by atoms with Crippen LogP contribution in [0.3, 0.4) is 0 Å². The molecule has 3 nitrogen and oxygen atoms in total. The van der Waals surface area contributed by atoms with Crippen LogP contribution in [0.1, 0.15) is 50.9 Å². The number of nitrogens with one attached hydrogen (secondary N) is 1. The molecule has 0 aliphatic heterocycles. The highest BCUT2D eigenvalue weighted by Gasteiger charge is 2.14. The molecule has 0 aromatic heterocycles. The minimum Gasteiger partial charge on any atom is -0.494 e. The predicted octanol–water partition coefficient (Wildman–Crippen LogP) is 3.68. The molecule has 1 aromatic carbocycles. The normalized spacial score (nSPS) is 12.4.